The molecule has 526 valence electrons. The van der Waals surface area contributed by atoms with E-state index < -0.39 is 212 Å². The van der Waals surface area contributed by atoms with Crippen molar-refractivity contribution in [2.45, 2.75) is 270 Å². The zero-order chi connectivity index (χ0) is 67.3. The number of phenols is 1. The summed E-state index contributed by atoms with van der Waals surface area (Å²) in [5.74, 6) is -6.85. The summed E-state index contributed by atoms with van der Waals surface area (Å²) in [5.41, 5.74) is -3.33. The molecule has 10 heterocycles. The molecule has 32 nitrogen and oxygen atoms in total. The van der Waals surface area contributed by atoms with Crippen LogP contribution in [0.1, 0.15) is 90.6 Å². The van der Waals surface area contributed by atoms with Gasteiger partial charge in [-0.25, -0.2) is 4.79 Å². The van der Waals surface area contributed by atoms with Crippen LogP contribution in [0.5, 0.6) is 11.5 Å². The number of hydrogen-bond acceptors (Lipinski definition) is 32. The predicted octanol–water partition coefficient (Wildman–Crippen LogP) is 0.416. The number of ketones is 1. The van der Waals surface area contributed by atoms with Gasteiger partial charge in [0.15, 0.2) is 66.4 Å². The molecule has 2 spiro atoms. The first kappa shape index (κ1) is 71.3. The molecule has 31 atom stereocenters. The highest BCUT2D eigenvalue weighted by molar-refractivity contribution is 6.39. The van der Waals surface area contributed by atoms with Crippen LogP contribution in [0, 0.1) is 6.92 Å². The smallest absolute Gasteiger partial charge is 0.342 e. The van der Waals surface area contributed by atoms with Gasteiger partial charge in [-0.2, -0.15) is 0 Å². The number of ether oxygens (including phenoxy) is 23. The molecule has 0 bridgehead atoms. The van der Waals surface area contributed by atoms with Crippen LogP contribution < -0.4 is 4.74 Å². The number of methoxy groups -OCH3 is 4. The van der Waals surface area contributed by atoms with E-state index in [0.717, 1.165) is 6.92 Å². The highest BCUT2D eigenvalue weighted by Crippen LogP contribution is 2.53. The Bertz CT molecular complexity index is 2840. The number of hydrogen-bond donors (Lipinski definition) is 6. The van der Waals surface area contributed by atoms with Crippen molar-refractivity contribution in [3.8, 4) is 11.5 Å². The van der Waals surface area contributed by atoms with Gasteiger partial charge in [-0.05, 0) is 61.0 Å². The fourth-order valence-corrected chi connectivity index (χ4v) is 15.0. The molecule has 0 amide bonds. The number of phenolic OH excluding ortho intramolecular Hbond substituents is 1. The van der Waals surface area contributed by atoms with Crippen LogP contribution in [0.25, 0.3) is 0 Å². The number of Topliss-reactive ketones (excluding diaryl/α,β-unsaturated/α-hetero) is 1. The number of benzene rings is 1. The third-order valence-corrected chi connectivity index (χ3v) is 19.8. The minimum absolute atomic E-state index is 0.00377. The first-order chi connectivity index (χ1) is 44.0. The molecule has 10 fully saturated rings. The Labute approximate surface area is 544 Å². The molecular weight excluding hydrogens is 1290 g/mol. The van der Waals surface area contributed by atoms with E-state index in [1.54, 1.807) is 34.6 Å². The Morgan fingerprint density at radius 2 is 1.32 bits per heavy atom. The Morgan fingerprint density at radius 1 is 0.634 bits per heavy atom. The largest absolute Gasteiger partial charge is 0.505 e. The van der Waals surface area contributed by atoms with Gasteiger partial charge in [-0.15, -0.1) is 0 Å². The maximum Gasteiger partial charge on any atom is 0.342 e. The standard InChI is InChI=1S/C59H84Cl2O32/c1-20-34(45(73-12)36(61)37(66)35(20)60)52(69)85-40-21(2)78-32(14-28(40)64)83-41-23(4)88-57(15-29(41)65)92-49-24(5)79-33(16-56(49,9)93-57)84-46-39(68)53(80-22(3)42(46)72-11)86-43-30(17-71-10)82-55(47(74-13)38(43)67)87-54-48(81-27(8)63)44-31(18-75-54)90-59(91-44)51-50(76-19-77-51)58(70,25(6)62)26(7)89-59/h21-24,26,28-33,38-44,46-51,53-55,64-68,70H,14-19H2,1-13H3/t21-,22-,23-,24-,26-,28-,29-,30-,31+,32+,33+,38+,39-,40-,41-,42+,43-,44-,46-,47+,48-,49-,50?,51-,53+,54+,55+,56-,57?,58+,59-/m1/s1. The van der Waals surface area contributed by atoms with Gasteiger partial charge < -0.3 is 140 Å². The molecule has 1 aromatic rings. The molecule has 34 heteroatoms. The zero-order valence-corrected chi connectivity index (χ0v) is 54.9. The Morgan fingerprint density at radius 3 is 1.98 bits per heavy atom. The lowest BCUT2D eigenvalue weighted by atomic mass is 9.81. The average Bonchev–Trinajstić information content (AvgIpc) is 1.59. The molecule has 0 aliphatic carbocycles. The number of aliphatic hydroxyl groups excluding tert-OH is 4. The molecule has 0 radical (unpaired) electrons. The minimum atomic E-state index is -2.12. The summed E-state index contributed by atoms with van der Waals surface area (Å²) in [6.07, 6.45) is -32.7. The summed E-state index contributed by atoms with van der Waals surface area (Å²) in [7, 11) is 5.34. The number of carbonyl (C=O) groups is 3. The summed E-state index contributed by atoms with van der Waals surface area (Å²) in [6, 6.07) is 0. The predicted molar refractivity (Wildman–Crippen MR) is 304 cm³/mol. The van der Waals surface area contributed by atoms with E-state index in [1.165, 1.54) is 49.2 Å². The van der Waals surface area contributed by atoms with Crippen LogP contribution in [0.4, 0.5) is 0 Å². The summed E-state index contributed by atoms with van der Waals surface area (Å²) >= 11 is 12.5. The SMILES string of the molecule is COC[C@H]1O[C@@H](O[C@@H]2OC[C@@H]3O[C@]4(O[C@H]3[C@H]2OC(C)=O)O[C@H](C)[C@@](O)(C(C)=O)C2OCO[C@H]24)[C@@H](OC)[C@@H](O)[C@@H]1O[C@@H]1O[C@H](C)[C@H](OC)[C@H](O[C@H]2C[C@@]3(C)OC4(C[C@@H](O)[C@H](O[C@H]5C[C@@H](O)[C@H](OC(=O)c6c(C)c(Cl)c(O)c(Cl)c6OC)[C@@H](C)O5)[C@@H](C)O4)O[C@@H]3[C@@H](C)O2)[C@H]1O. The van der Waals surface area contributed by atoms with Crippen molar-refractivity contribution in [1.29, 1.82) is 0 Å². The quantitative estimate of drug-likeness (QED) is 0.115. The van der Waals surface area contributed by atoms with Crippen molar-refractivity contribution in [3.05, 3.63) is 21.2 Å². The van der Waals surface area contributed by atoms with Crippen LogP contribution in [-0.4, -0.2) is 286 Å². The number of halogens is 2. The Hall–Kier alpha value is -2.99. The van der Waals surface area contributed by atoms with Gasteiger partial charge in [0, 0.05) is 41.1 Å². The van der Waals surface area contributed by atoms with E-state index in [9.17, 15) is 45.0 Å². The number of aromatic hydroxyl groups is 1. The van der Waals surface area contributed by atoms with Gasteiger partial charge in [-0.1, -0.05) is 23.2 Å². The van der Waals surface area contributed by atoms with Crippen molar-refractivity contribution < 1.29 is 154 Å². The fraction of sp³-hybridized carbons (Fsp3) is 0.847. The molecule has 0 aromatic heterocycles. The first-order valence-electron chi connectivity index (χ1n) is 30.8. The minimum Gasteiger partial charge on any atom is -0.505 e. The lowest BCUT2D eigenvalue weighted by molar-refractivity contribution is -0.428. The first-order valence-corrected chi connectivity index (χ1v) is 31.5. The second-order valence-electron chi connectivity index (χ2n) is 25.2. The van der Waals surface area contributed by atoms with Crippen LogP contribution >= 0.6 is 23.2 Å². The number of carbonyl (C=O) groups excluding carboxylic acids is 3. The summed E-state index contributed by atoms with van der Waals surface area (Å²) in [5, 5.41) is 68.9. The van der Waals surface area contributed by atoms with Gasteiger partial charge in [-0.3, -0.25) is 9.59 Å². The molecule has 2 unspecified atom stereocenters. The molecule has 1 aromatic carbocycles. The van der Waals surface area contributed by atoms with Gasteiger partial charge in [0.2, 0.25) is 6.29 Å². The van der Waals surface area contributed by atoms with Crippen molar-refractivity contribution in [1.82, 2.24) is 0 Å². The molecule has 10 saturated heterocycles. The van der Waals surface area contributed by atoms with E-state index in [4.69, 9.17) is 132 Å². The fourth-order valence-electron chi connectivity index (χ4n) is 14.5. The maximum atomic E-state index is 13.5. The summed E-state index contributed by atoms with van der Waals surface area (Å²) in [4.78, 5) is 39.1. The Kier molecular flexibility index (Phi) is 21.2. The van der Waals surface area contributed by atoms with Gasteiger partial charge in [0.05, 0.1) is 74.5 Å². The molecule has 11 rings (SSSR count). The number of aliphatic hydroxyl groups is 5. The van der Waals surface area contributed by atoms with E-state index in [1.807, 2.05) is 0 Å². The third kappa shape index (κ3) is 13.0. The molecule has 6 N–H and O–H groups in total. The number of fused-ring (bicyclic) bond motifs is 4. The van der Waals surface area contributed by atoms with Crippen LogP contribution in [0.15, 0.2) is 0 Å². The van der Waals surface area contributed by atoms with E-state index in [-0.39, 0.29) is 66.2 Å². The van der Waals surface area contributed by atoms with Gasteiger partial charge in [0.1, 0.15) is 96.2 Å². The zero-order valence-electron chi connectivity index (χ0n) is 53.4. The van der Waals surface area contributed by atoms with Gasteiger partial charge in [0.25, 0.3) is 5.97 Å². The van der Waals surface area contributed by atoms with Crippen molar-refractivity contribution in [2.75, 3.05) is 48.4 Å². The molecule has 0 saturated carbocycles. The van der Waals surface area contributed by atoms with Crippen molar-refractivity contribution in [3.63, 3.8) is 0 Å². The van der Waals surface area contributed by atoms with E-state index in [0.29, 0.717) is 0 Å². The van der Waals surface area contributed by atoms with Crippen LogP contribution in [-0.2, 0) is 114 Å². The maximum absolute atomic E-state index is 13.5. The number of esters is 2. The second-order valence-corrected chi connectivity index (χ2v) is 26.0. The molecule has 10 aliphatic heterocycles. The lowest BCUT2D eigenvalue weighted by Gasteiger charge is -2.49. The van der Waals surface area contributed by atoms with E-state index in [2.05, 4.69) is 0 Å². The monoisotopic (exact) mass is 1370 g/mol. The number of rotatable bonds is 17. The topological polar surface area (TPSA) is 385 Å². The van der Waals surface area contributed by atoms with Crippen LogP contribution in [0.2, 0.25) is 10.0 Å². The van der Waals surface area contributed by atoms with Crippen molar-refractivity contribution >= 4 is 40.9 Å². The Balaban J connectivity index is 0.715. The normalized spacial score (nSPS) is 48.0. The highest BCUT2D eigenvalue weighted by atomic mass is 35.5. The molecular formula is C59H84Cl2O32. The lowest BCUT2D eigenvalue weighted by Crippen LogP contribution is -2.72. The van der Waals surface area contributed by atoms with E-state index >= 15 is 0 Å². The molecule has 93 heavy (non-hydrogen) atoms. The van der Waals surface area contributed by atoms with Crippen LogP contribution in [0.3, 0.4) is 0 Å². The summed E-state index contributed by atoms with van der Waals surface area (Å²) in [6.45, 7) is 12.9. The van der Waals surface area contributed by atoms with Gasteiger partial charge >= 0.3 is 17.9 Å². The molecule has 10 aliphatic rings. The third-order valence-electron chi connectivity index (χ3n) is 19.0. The second kappa shape index (κ2) is 27.6. The van der Waals surface area contributed by atoms with Crippen molar-refractivity contribution in [2.24, 2.45) is 0 Å². The highest BCUT2D eigenvalue weighted by Gasteiger charge is 2.73. The average molecular weight is 1380 g/mol. The summed E-state index contributed by atoms with van der Waals surface area (Å²) < 4.78 is 141.